The molecule has 2 aromatic rings. The lowest BCUT2D eigenvalue weighted by Gasteiger charge is -2.29. The highest BCUT2D eigenvalue weighted by molar-refractivity contribution is 8.00. The highest BCUT2D eigenvalue weighted by Crippen LogP contribution is 2.42. The lowest BCUT2D eigenvalue weighted by atomic mass is 9.91. The molecule has 6 heteroatoms. The molecule has 1 aromatic heterocycles. The summed E-state index contributed by atoms with van der Waals surface area (Å²) in [4.78, 5) is 15.1. The van der Waals surface area contributed by atoms with Crippen LogP contribution >= 0.6 is 11.8 Å². The molecule has 1 unspecified atom stereocenters. The second-order valence-corrected chi connectivity index (χ2v) is 8.28. The minimum absolute atomic E-state index is 0.167. The molecule has 0 radical (unpaired) electrons. The number of aromatic nitrogens is 1. The van der Waals surface area contributed by atoms with Crippen LogP contribution in [0.5, 0.6) is 0 Å². The van der Waals surface area contributed by atoms with Gasteiger partial charge in [-0.1, -0.05) is 32.9 Å². The summed E-state index contributed by atoms with van der Waals surface area (Å²) in [6.45, 7) is 9.90. The third kappa shape index (κ3) is 4.57. The molecule has 0 bridgehead atoms. The molecule has 1 heterocycles. The van der Waals surface area contributed by atoms with Crippen molar-refractivity contribution in [2.75, 3.05) is 6.61 Å². The molecular formula is C19H25FN2O2S. The van der Waals surface area contributed by atoms with Gasteiger partial charge < -0.3 is 15.5 Å². The number of aromatic amines is 1. The van der Waals surface area contributed by atoms with Crippen molar-refractivity contribution in [2.24, 2.45) is 11.1 Å². The van der Waals surface area contributed by atoms with Crippen LogP contribution in [-0.2, 0) is 4.74 Å². The lowest BCUT2D eigenvalue weighted by Crippen LogP contribution is -2.24. The number of carbonyl (C=O) groups is 1. The van der Waals surface area contributed by atoms with E-state index in [-0.39, 0.29) is 17.8 Å². The first-order valence-electron chi connectivity index (χ1n) is 8.13. The van der Waals surface area contributed by atoms with Crippen molar-refractivity contribution in [3.63, 3.8) is 0 Å². The van der Waals surface area contributed by atoms with E-state index in [1.165, 1.54) is 23.4 Å². The third-order valence-corrected chi connectivity index (χ3v) is 5.85. The summed E-state index contributed by atoms with van der Waals surface area (Å²) in [5.41, 5.74) is 7.94. The maximum absolute atomic E-state index is 14.8. The summed E-state index contributed by atoms with van der Waals surface area (Å²) in [6, 6.07) is 6.05. The fourth-order valence-corrected chi connectivity index (χ4v) is 3.89. The second-order valence-electron chi connectivity index (χ2n) is 7.14. The van der Waals surface area contributed by atoms with E-state index in [1.807, 2.05) is 39.8 Å². The van der Waals surface area contributed by atoms with Crippen LogP contribution in [0.1, 0.15) is 32.0 Å². The van der Waals surface area contributed by atoms with Crippen LogP contribution < -0.4 is 5.73 Å². The predicted molar refractivity (Wildman–Crippen MR) is 102 cm³/mol. The van der Waals surface area contributed by atoms with Gasteiger partial charge in [0.2, 0.25) is 0 Å². The predicted octanol–water partition coefficient (Wildman–Crippen LogP) is 5.24. The first kappa shape index (κ1) is 19.4. The van der Waals surface area contributed by atoms with E-state index < -0.39 is 11.3 Å². The van der Waals surface area contributed by atoms with Crippen LogP contribution in [-0.4, -0.2) is 22.9 Å². The van der Waals surface area contributed by atoms with Crippen LogP contribution in [0, 0.1) is 19.3 Å². The number of para-hydroxylation sites is 1. The quantitative estimate of drug-likeness (QED) is 0.713. The molecule has 0 aliphatic heterocycles. The van der Waals surface area contributed by atoms with E-state index in [4.69, 9.17) is 5.73 Å². The van der Waals surface area contributed by atoms with Gasteiger partial charge in [0, 0.05) is 16.0 Å². The number of halogens is 1. The number of rotatable bonds is 5. The Morgan fingerprint density at radius 3 is 2.68 bits per heavy atom. The molecule has 0 aliphatic rings. The number of ether oxygens (including phenoxy) is 1. The molecule has 4 nitrogen and oxygen atoms in total. The molecule has 0 saturated carbocycles. The minimum atomic E-state index is -0.911. The van der Waals surface area contributed by atoms with Crippen LogP contribution in [0.2, 0.25) is 0 Å². The van der Waals surface area contributed by atoms with E-state index in [9.17, 15) is 9.18 Å². The molecule has 0 fully saturated rings. The first-order valence-corrected chi connectivity index (χ1v) is 9.01. The number of fused-ring (bicyclic) bond motifs is 1. The van der Waals surface area contributed by atoms with Crippen molar-refractivity contribution in [3.8, 4) is 0 Å². The van der Waals surface area contributed by atoms with Gasteiger partial charge in [-0.3, -0.25) is 0 Å². The number of H-pyrrole nitrogens is 1. The van der Waals surface area contributed by atoms with Gasteiger partial charge >= 0.3 is 6.09 Å². The molecule has 2 rings (SSSR count). The Labute approximate surface area is 152 Å². The number of aryl methyl sites for hydroxylation is 2. The summed E-state index contributed by atoms with van der Waals surface area (Å²) >= 11 is 1.47. The number of nitrogens with one attached hydrogen (secondary N) is 1. The molecule has 3 N–H and O–H groups in total. The molecule has 25 heavy (non-hydrogen) atoms. The van der Waals surface area contributed by atoms with Gasteiger partial charge in [-0.05, 0) is 37.0 Å². The fourth-order valence-electron chi connectivity index (χ4n) is 2.64. The number of carbonyl (C=O) groups excluding carboxylic acids is 1. The summed E-state index contributed by atoms with van der Waals surface area (Å²) in [7, 11) is 0. The summed E-state index contributed by atoms with van der Waals surface area (Å²) in [6.07, 6.45) is 0.366. The average Bonchev–Trinajstić information content (AvgIpc) is 2.79. The van der Waals surface area contributed by atoms with Gasteiger partial charge in [0.05, 0.1) is 10.8 Å². The van der Waals surface area contributed by atoms with Gasteiger partial charge in [0.1, 0.15) is 12.4 Å². The minimum Gasteiger partial charge on any atom is -0.445 e. The number of benzene rings is 1. The Morgan fingerprint density at radius 2 is 2.08 bits per heavy atom. The van der Waals surface area contributed by atoms with Crippen molar-refractivity contribution in [2.45, 2.75) is 44.8 Å². The van der Waals surface area contributed by atoms with Gasteiger partial charge in [-0.15, -0.1) is 11.8 Å². The van der Waals surface area contributed by atoms with Crippen LogP contribution in [0.15, 0.2) is 35.0 Å². The van der Waals surface area contributed by atoms with Gasteiger partial charge in [0.25, 0.3) is 0 Å². The molecular weight excluding hydrogens is 339 g/mol. The first-order chi connectivity index (χ1) is 11.6. The molecule has 136 valence electrons. The average molecular weight is 364 g/mol. The van der Waals surface area contributed by atoms with Crippen molar-refractivity contribution in [1.82, 2.24) is 4.98 Å². The summed E-state index contributed by atoms with van der Waals surface area (Å²) < 4.78 is 19.4. The molecule has 0 spiro atoms. The van der Waals surface area contributed by atoms with Gasteiger partial charge in [-0.25, -0.2) is 9.18 Å². The molecule has 0 saturated heterocycles. The monoisotopic (exact) mass is 364 g/mol. The van der Waals surface area contributed by atoms with E-state index in [2.05, 4.69) is 22.7 Å². The van der Waals surface area contributed by atoms with Crippen LogP contribution in [0.3, 0.4) is 0 Å². The number of amides is 1. The summed E-state index contributed by atoms with van der Waals surface area (Å²) in [5.74, 6) is -0.323. The Kier molecular flexibility index (Phi) is 5.83. The van der Waals surface area contributed by atoms with Crippen molar-refractivity contribution >= 4 is 28.8 Å². The van der Waals surface area contributed by atoms with Gasteiger partial charge in [-0.2, -0.15) is 0 Å². The van der Waals surface area contributed by atoms with Crippen molar-refractivity contribution in [3.05, 3.63) is 41.4 Å². The zero-order valence-corrected chi connectivity index (χ0v) is 16.1. The van der Waals surface area contributed by atoms with Crippen LogP contribution in [0.25, 0.3) is 10.9 Å². The largest absolute Gasteiger partial charge is 0.445 e. The molecule has 1 aromatic carbocycles. The van der Waals surface area contributed by atoms with Crippen molar-refractivity contribution in [1.29, 1.82) is 0 Å². The molecule has 1 amide bonds. The smallest absolute Gasteiger partial charge is 0.404 e. The topological polar surface area (TPSA) is 68.1 Å². The zero-order chi connectivity index (χ0) is 18.8. The normalized spacial score (nSPS) is 13.9. The van der Waals surface area contributed by atoms with Gasteiger partial charge in [0.15, 0.2) is 0 Å². The van der Waals surface area contributed by atoms with E-state index in [0.717, 1.165) is 21.5 Å². The highest BCUT2D eigenvalue weighted by Gasteiger charge is 2.30. The summed E-state index contributed by atoms with van der Waals surface area (Å²) in [5, 5.41) is 0.732. The number of nitrogens with two attached hydrogens (primary N) is 1. The third-order valence-electron chi connectivity index (χ3n) is 4.09. The number of hydrogen-bond donors (Lipinski definition) is 2. The van der Waals surface area contributed by atoms with E-state index in [1.54, 1.807) is 0 Å². The SMILES string of the molecule is Cc1[nH]c2c(SC(/C(F)=C/COC(N)=O)C(C)(C)C)cccc2c1C. The standard InChI is InChI=1S/C19H25FN2O2S/c1-11-12(2)22-16-13(11)7-6-8-15(16)25-17(19(3,4)5)14(20)9-10-24-18(21)23/h6-9,17,22H,10H2,1-5H3,(H2,21,23)/b14-9-. The van der Waals surface area contributed by atoms with E-state index >= 15 is 0 Å². The molecule has 1 atom stereocenters. The number of primary amides is 1. The fraction of sp³-hybridized carbons (Fsp3) is 0.421. The Morgan fingerprint density at radius 1 is 1.40 bits per heavy atom. The Balaban J connectivity index is 2.35. The van der Waals surface area contributed by atoms with Crippen LogP contribution in [0.4, 0.5) is 9.18 Å². The second kappa shape index (κ2) is 7.52. The molecule has 0 aliphatic carbocycles. The Hall–Kier alpha value is -1.95. The van der Waals surface area contributed by atoms with Crippen molar-refractivity contribution < 1.29 is 13.9 Å². The zero-order valence-electron chi connectivity index (χ0n) is 15.3. The van der Waals surface area contributed by atoms with E-state index in [0.29, 0.717) is 0 Å². The maximum Gasteiger partial charge on any atom is 0.404 e. The number of hydrogen-bond acceptors (Lipinski definition) is 3. The highest BCUT2D eigenvalue weighted by atomic mass is 32.2. The Bertz CT molecular complexity index is 806. The maximum atomic E-state index is 14.8. The number of thioether (sulfide) groups is 1. The lowest BCUT2D eigenvalue weighted by molar-refractivity contribution is 0.168.